The minimum Gasteiger partial charge on any atom is -0.486 e. The molecule has 0 bridgehead atoms. The summed E-state index contributed by atoms with van der Waals surface area (Å²) < 4.78 is 12.8. The lowest BCUT2D eigenvalue weighted by Gasteiger charge is -2.08. The Bertz CT molecular complexity index is 1250. The maximum atomic E-state index is 11.6. The normalized spacial score (nSPS) is 10.8. The van der Waals surface area contributed by atoms with Crippen molar-refractivity contribution in [1.29, 1.82) is 0 Å². The van der Waals surface area contributed by atoms with Crippen LogP contribution in [0.15, 0.2) is 76.1 Å². The van der Waals surface area contributed by atoms with Crippen LogP contribution in [0, 0.1) is 0 Å². The third-order valence-corrected chi connectivity index (χ3v) is 4.72. The molecular formula is C23H20N2O4. The van der Waals surface area contributed by atoms with Crippen molar-refractivity contribution >= 4 is 16.7 Å². The molecule has 4 aromatic rings. The molecule has 6 nitrogen and oxygen atoms in total. The largest absolute Gasteiger partial charge is 0.486 e. The highest BCUT2D eigenvalue weighted by Gasteiger charge is 2.10. The highest BCUT2D eigenvalue weighted by Crippen LogP contribution is 2.27. The Morgan fingerprint density at radius 2 is 1.76 bits per heavy atom. The maximum Gasteiger partial charge on any atom is 0.286 e. The second kappa shape index (κ2) is 7.67. The molecule has 0 spiro atoms. The van der Waals surface area contributed by atoms with Gasteiger partial charge >= 0.3 is 0 Å². The summed E-state index contributed by atoms with van der Waals surface area (Å²) in [5.41, 5.74) is 1.99. The van der Waals surface area contributed by atoms with Gasteiger partial charge in [0.05, 0.1) is 0 Å². The van der Waals surface area contributed by atoms with Gasteiger partial charge in [-0.15, -0.1) is 0 Å². The van der Waals surface area contributed by atoms with E-state index in [0.29, 0.717) is 11.5 Å². The molecule has 0 aliphatic carbocycles. The van der Waals surface area contributed by atoms with E-state index < -0.39 is 0 Å². The van der Waals surface area contributed by atoms with Crippen molar-refractivity contribution in [2.75, 3.05) is 7.05 Å². The van der Waals surface area contributed by atoms with E-state index in [1.165, 1.54) is 0 Å². The molecular weight excluding hydrogens is 368 g/mol. The number of pyridine rings is 1. The quantitative estimate of drug-likeness (QED) is 0.565. The van der Waals surface area contributed by atoms with Gasteiger partial charge in [-0.2, -0.15) is 0 Å². The molecule has 0 unspecified atom stereocenters. The lowest BCUT2D eigenvalue weighted by molar-refractivity contribution is 0.0931. The fourth-order valence-corrected chi connectivity index (χ4v) is 3.11. The van der Waals surface area contributed by atoms with E-state index in [1.807, 2.05) is 42.6 Å². The average molecular weight is 388 g/mol. The van der Waals surface area contributed by atoms with E-state index in [9.17, 15) is 9.59 Å². The smallest absolute Gasteiger partial charge is 0.286 e. The van der Waals surface area contributed by atoms with Crippen LogP contribution in [0.25, 0.3) is 21.9 Å². The summed E-state index contributed by atoms with van der Waals surface area (Å²) in [5, 5.41) is 4.64. The predicted octanol–water partition coefficient (Wildman–Crippen LogP) is 3.74. The summed E-state index contributed by atoms with van der Waals surface area (Å²) in [6, 6.07) is 18.7. The summed E-state index contributed by atoms with van der Waals surface area (Å²) in [7, 11) is 3.30. The third-order valence-electron chi connectivity index (χ3n) is 4.72. The number of hydrogen-bond donors (Lipinski definition) is 1. The molecule has 1 amide bonds. The van der Waals surface area contributed by atoms with Crippen LogP contribution in [-0.2, 0) is 13.7 Å². The Hall–Kier alpha value is -3.80. The molecule has 2 aromatic heterocycles. The molecule has 0 saturated heterocycles. The number of carbonyl (C=O) groups excluding carboxylic acids is 1. The molecule has 146 valence electrons. The number of rotatable bonds is 5. The predicted molar refractivity (Wildman–Crippen MR) is 111 cm³/mol. The Labute approximate surface area is 167 Å². The highest BCUT2D eigenvalue weighted by molar-refractivity contribution is 5.91. The van der Waals surface area contributed by atoms with E-state index in [0.717, 1.165) is 21.9 Å². The second-order valence-corrected chi connectivity index (χ2v) is 6.72. The van der Waals surface area contributed by atoms with Gasteiger partial charge in [-0.1, -0.05) is 18.2 Å². The van der Waals surface area contributed by atoms with E-state index in [2.05, 4.69) is 11.4 Å². The number of nitrogens with zero attached hydrogens (tertiary/aromatic N) is 1. The molecule has 6 heteroatoms. The van der Waals surface area contributed by atoms with Crippen molar-refractivity contribution < 1.29 is 13.9 Å². The molecule has 0 atom stereocenters. The number of aryl methyl sites for hydroxylation is 1. The molecule has 1 N–H and O–H groups in total. The van der Waals surface area contributed by atoms with Gasteiger partial charge in [0, 0.05) is 26.4 Å². The number of amides is 1. The fraction of sp³-hybridized carbons (Fsp3) is 0.130. The van der Waals surface area contributed by atoms with Gasteiger partial charge in [0.2, 0.25) is 5.56 Å². The zero-order valence-corrected chi connectivity index (χ0v) is 16.1. The highest BCUT2D eigenvalue weighted by atomic mass is 16.5. The number of ether oxygens (including phenoxy) is 1. The minimum absolute atomic E-state index is 0.0321. The van der Waals surface area contributed by atoms with E-state index in [-0.39, 0.29) is 23.8 Å². The number of aromatic nitrogens is 1. The van der Waals surface area contributed by atoms with Crippen molar-refractivity contribution in [1.82, 2.24) is 9.88 Å². The van der Waals surface area contributed by atoms with Crippen molar-refractivity contribution in [3.8, 4) is 16.9 Å². The van der Waals surface area contributed by atoms with E-state index in [1.54, 1.807) is 36.9 Å². The second-order valence-electron chi connectivity index (χ2n) is 6.72. The van der Waals surface area contributed by atoms with Crippen LogP contribution in [0.1, 0.15) is 16.3 Å². The Morgan fingerprint density at radius 1 is 1.00 bits per heavy atom. The molecule has 0 aliphatic heterocycles. The topological polar surface area (TPSA) is 73.5 Å². The van der Waals surface area contributed by atoms with Gasteiger partial charge in [0.25, 0.3) is 5.91 Å². The summed E-state index contributed by atoms with van der Waals surface area (Å²) in [4.78, 5) is 23.1. The fourth-order valence-electron chi connectivity index (χ4n) is 3.11. The minimum atomic E-state index is -0.267. The molecule has 2 aromatic carbocycles. The first kappa shape index (κ1) is 18.6. The maximum absolute atomic E-state index is 11.6. The first-order valence-electron chi connectivity index (χ1n) is 9.18. The Balaban J connectivity index is 1.52. The van der Waals surface area contributed by atoms with Gasteiger partial charge in [-0.25, -0.2) is 0 Å². The van der Waals surface area contributed by atoms with Crippen LogP contribution in [0.2, 0.25) is 0 Å². The van der Waals surface area contributed by atoms with Gasteiger partial charge in [-0.05, 0) is 58.3 Å². The molecule has 29 heavy (non-hydrogen) atoms. The SMILES string of the molecule is CNC(=O)c1ccc(COc2ccc3cc(-c4ccc(=O)n(C)c4)ccc3c2)o1. The molecule has 4 rings (SSSR count). The first-order valence-corrected chi connectivity index (χ1v) is 9.18. The van der Waals surface area contributed by atoms with Gasteiger partial charge in [0.15, 0.2) is 5.76 Å². The van der Waals surface area contributed by atoms with Gasteiger partial charge < -0.3 is 19.0 Å². The molecule has 2 heterocycles. The monoisotopic (exact) mass is 388 g/mol. The first-order chi connectivity index (χ1) is 14.0. The van der Waals surface area contributed by atoms with Crippen molar-refractivity contribution in [3.05, 3.63) is 88.7 Å². The van der Waals surface area contributed by atoms with Crippen LogP contribution in [0.3, 0.4) is 0 Å². The van der Waals surface area contributed by atoms with E-state index in [4.69, 9.17) is 9.15 Å². The van der Waals surface area contributed by atoms with Crippen LogP contribution in [0.5, 0.6) is 5.75 Å². The average Bonchev–Trinajstić information content (AvgIpc) is 3.22. The van der Waals surface area contributed by atoms with Crippen LogP contribution < -0.4 is 15.6 Å². The van der Waals surface area contributed by atoms with E-state index >= 15 is 0 Å². The Morgan fingerprint density at radius 3 is 2.55 bits per heavy atom. The molecule has 0 radical (unpaired) electrons. The molecule has 0 saturated carbocycles. The zero-order valence-electron chi connectivity index (χ0n) is 16.1. The summed E-state index contributed by atoms with van der Waals surface area (Å²) in [5.74, 6) is 1.28. The number of hydrogen-bond acceptors (Lipinski definition) is 4. The van der Waals surface area contributed by atoms with Crippen molar-refractivity contribution in [2.45, 2.75) is 6.61 Å². The number of furan rings is 1. The molecule has 0 fully saturated rings. The zero-order chi connectivity index (χ0) is 20.4. The number of carbonyl (C=O) groups is 1. The van der Waals surface area contributed by atoms with Crippen molar-refractivity contribution in [3.63, 3.8) is 0 Å². The number of benzene rings is 2. The number of fused-ring (bicyclic) bond motifs is 1. The Kier molecular flexibility index (Phi) is 4.91. The summed E-state index contributed by atoms with van der Waals surface area (Å²) >= 11 is 0. The summed E-state index contributed by atoms with van der Waals surface area (Å²) in [6.45, 7) is 0.235. The van der Waals surface area contributed by atoms with Crippen molar-refractivity contribution in [2.24, 2.45) is 7.05 Å². The van der Waals surface area contributed by atoms with Crippen LogP contribution in [-0.4, -0.2) is 17.5 Å². The van der Waals surface area contributed by atoms with Gasteiger partial charge in [0.1, 0.15) is 18.1 Å². The lowest BCUT2D eigenvalue weighted by atomic mass is 10.0. The number of nitrogens with one attached hydrogen (secondary N) is 1. The van der Waals surface area contributed by atoms with Crippen LogP contribution >= 0.6 is 0 Å². The molecule has 0 aliphatic rings. The summed E-state index contributed by atoms with van der Waals surface area (Å²) in [6.07, 6.45) is 1.83. The lowest BCUT2D eigenvalue weighted by Crippen LogP contribution is -2.16. The van der Waals surface area contributed by atoms with Crippen LogP contribution in [0.4, 0.5) is 0 Å². The van der Waals surface area contributed by atoms with Gasteiger partial charge in [-0.3, -0.25) is 9.59 Å². The standard InChI is InChI=1S/C23H20N2O4/c1-24-23(27)21-9-8-20(29-21)14-28-19-7-5-15-11-16(3-4-17(15)12-19)18-6-10-22(26)25(2)13-18/h3-13H,14H2,1-2H3,(H,24,27). The third kappa shape index (κ3) is 3.91.